The van der Waals surface area contributed by atoms with E-state index in [-0.39, 0.29) is 36.7 Å². The Bertz CT molecular complexity index is 803. The summed E-state index contributed by atoms with van der Waals surface area (Å²) in [6, 6.07) is 15.2. The van der Waals surface area contributed by atoms with Crippen LogP contribution in [0.5, 0.6) is 5.75 Å². The van der Waals surface area contributed by atoms with Crippen LogP contribution in [0.2, 0.25) is 0 Å². The number of anilines is 1. The highest BCUT2D eigenvalue weighted by Crippen LogP contribution is 2.14. The van der Waals surface area contributed by atoms with Crippen LogP contribution in [-0.2, 0) is 16.0 Å². The number of aryl methyl sites for hydroxylation is 1. The van der Waals surface area contributed by atoms with E-state index in [0.29, 0.717) is 12.3 Å². The van der Waals surface area contributed by atoms with Crippen molar-refractivity contribution in [2.24, 2.45) is 5.92 Å². The van der Waals surface area contributed by atoms with Gasteiger partial charge in [-0.05, 0) is 62.6 Å². The van der Waals surface area contributed by atoms with Crippen LogP contribution in [0.3, 0.4) is 0 Å². The highest BCUT2D eigenvalue weighted by molar-refractivity contribution is 5.91. The molecule has 7 heteroatoms. The van der Waals surface area contributed by atoms with Gasteiger partial charge in [0.2, 0.25) is 5.91 Å². The Morgan fingerprint density at radius 1 is 1.10 bits per heavy atom. The smallest absolute Gasteiger partial charge is 0.262 e. The van der Waals surface area contributed by atoms with E-state index >= 15 is 0 Å². The van der Waals surface area contributed by atoms with Gasteiger partial charge in [0.15, 0.2) is 6.61 Å². The fourth-order valence-electron chi connectivity index (χ4n) is 3.29. The Morgan fingerprint density at radius 3 is 2.50 bits per heavy atom. The molecule has 0 spiro atoms. The molecule has 0 aromatic heterocycles. The molecule has 0 saturated carbocycles. The number of rotatable bonds is 8. The van der Waals surface area contributed by atoms with Crippen LogP contribution < -0.4 is 20.7 Å². The number of amides is 2. The predicted octanol–water partition coefficient (Wildman–Crippen LogP) is 3.09. The van der Waals surface area contributed by atoms with Gasteiger partial charge in [-0.1, -0.05) is 29.8 Å². The third-order valence-corrected chi connectivity index (χ3v) is 5.01. The van der Waals surface area contributed by atoms with Crippen molar-refractivity contribution in [1.82, 2.24) is 10.6 Å². The maximum Gasteiger partial charge on any atom is 0.262 e. The average molecular weight is 432 g/mol. The number of hydrogen-bond acceptors (Lipinski definition) is 4. The van der Waals surface area contributed by atoms with Crippen molar-refractivity contribution in [2.45, 2.75) is 26.2 Å². The molecule has 2 amide bonds. The molecule has 162 valence electrons. The molecule has 0 aliphatic carbocycles. The van der Waals surface area contributed by atoms with Crippen LogP contribution in [0.1, 0.15) is 24.0 Å². The zero-order chi connectivity index (χ0) is 20.5. The maximum atomic E-state index is 12.1. The lowest BCUT2D eigenvalue weighted by atomic mass is 9.99. The summed E-state index contributed by atoms with van der Waals surface area (Å²) < 4.78 is 5.55. The largest absolute Gasteiger partial charge is 0.484 e. The molecule has 1 atom stereocenters. The molecule has 2 aromatic carbocycles. The van der Waals surface area contributed by atoms with Gasteiger partial charge < -0.3 is 20.7 Å². The normalized spacial score (nSPS) is 15.6. The van der Waals surface area contributed by atoms with Crippen LogP contribution in [-0.4, -0.2) is 38.1 Å². The van der Waals surface area contributed by atoms with Crippen molar-refractivity contribution >= 4 is 29.9 Å². The molecule has 1 saturated heterocycles. The quantitative estimate of drug-likeness (QED) is 0.600. The number of nitrogens with one attached hydrogen (secondary N) is 3. The van der Waals surface area contributed by atoms with Gasteiger partial charge in [0, 0.05) is 18.8 Å². The number of piperidine rings is 1. The van der Waals surface area contributed by atoms with Gasteiger partial charge in [0.25, 0.3) is 5.91 Å². The van der Waals surface area contributed by atoms with E-state index in [4.69, 9.17) is 4.74 Å². The van der Waals surface area contributed by atoms with Crippen molar-refractivity contribution in [2.75, 3.05) is 31.6 Å². The summed E-state index contributed by atoms with van der Waals surface area (Å²) in [6.45, 7) is 4.36. The zero-order valence-corrected chi connectivity index (χ0v) is 18.1. The first-order chi connectivity index (χ1) is 14.1. The van der Waals surface area contributed by atoms with E-state index in [1.165, 1.54) is 0 Å². The minimum absolute atomic E-state index is 0. The van der Waals surface area contributed by atoms with Gasteiger partial charge in [0.05, 0.1) is 5.92 Å². The molecule has 1 fully saturated rings. The van der Waals surface area contributed by atoms with Crippen molar-refractivity contribution in [3.63, 3.8) is 0 Å². The number of carbonyl (C=O) groups excluding carboxylic acids is 2. The van der Waals surface area contributed by atoms with E-state index < -0.39 is 0 Å². The molecule has 6 nitrogen and oxygen atoms in total. The molecule has 1 aliphatic rings. The van der Waals surface area contributed by atoms with Crippen LogP contribution >= 0.6 is 12.4 Å². The van der Waals surface area contributed by atoms with E-state index in [0.717, 1.165) is 49.2 Å². The summed E-state index contributed by atoms with van der Waals surface area (Å²) in [5, 5.41) is 9.09. The molecule has 2 aromatic rings. The molecule has 30 heavy (non-hydrogen) atoms. The summed E-state index contributed by atoms with van der Waals surface area (Å²) in [5.41, 5.74) is 3.01. The van der Waals surface area contributed by atoms with Crippen molar-refractivity contribution < 1.29 is 14.3 Å². The Balaban J connectivity index is 0.00000320. The van der Waals surface area contributed by atoms with Gasteiger partial charge in [-0.2, -0.15) is 0 Å². The predicted molar refractivity (Wildman–Crippen MR) is 121 cm³/mol. The molecular weight excluding hydrogens is 402 g/mol. The van der Waals surface area contributed by atoms with Gasteiger partial charge in [-0.25, -0.2) is 0 Å². The van der Waals surface area contributed by atoms with Gasteiger partial charge in [-0.15, -0.1) is 12.4 Å². The molecular formula is C23H30ClN3O3. The second-order valence-corrected chi connectivity index (χ2v) is 7.43. The lowest BCUT2D eigenvalue weighted by Crippen LogP contribution is -2.41. The molecule has 1 unspecified atom stereocenters. The minimum Gasteiger partial charge on any atom is -0.484 e. The third kappa shape index (κ3) is 7.69. The maximum absolute atomic E-state index is 12.1. The fourth-order valence-corrected chi connectivity index (χ4v) is 3.29. The van der Waals surface area contributed by atoms with Gasteiger partial charge in [0.1, 0.15) is 5.75 Å². The highest BCUT2D eigenvalue weighted by atomic mass is 35.5. The van der Waals surface area contributed by atoms with Crippen molar-refractivity contribution in [3.8, 4) is 5.75 Å². The minimum atomic E-state index is -0.196. The van der Waals surface area contributed by atoms with Crippen molar-refractivity contribution in [1.29, 1.82) is 0 Å². The van der Waals surface area contributed by atoms with E-state index in [2.05, 4.69) is 16.0 Å². The number of ether oxygens (including phenoxy) is 1. The summed E-state index contributed by atoms with van der Waals surface area (Å²) in [4.78, 5) is 24.1. The second kappa shape index (κ2) is 12.2. The Labute approximate surface area is 184 Å². The molecule has 3 rings (SSSR count). The molecule has 0 radical (unpaired) electrons. The summed E-state index contributed by atoms with van der Waals surface area (Å²) in [7, 11) is 0. The number of halogens is 1. The van der Waals surface area contributed by atoms with Gasteiger partial charge in [-0.3, -0.25) is 9.59 Å². The Kier molecular flexibility index (Phi) is 9.64. The lowest BCUT2D eigenvalue weighted by molar-refractivity contribution is -0.125. The third-order valence-electron chi connectivity index (χ3n) is 5.01. The number of hydrogen-bond donors (Lipinski definition) is 3. The first-order valence-electron chi connectivity index (χ1n) is 10.2. The van der Waals surface area contributed by atoms with E-state index in [1.807, 2.05) is 55.5 Å². The van der Waals surface area contributed by atoms with Crippen molar-refractivity contribution in [3.05, 3.63) is 59.7 Å². The first-order valence-corrected chi connectivity index (χ1v) is 10.2. The van der Waals surface area contributed by atoms with E-state index in [1.54, 1.807) is 0 Å². The zero-order valence-electron chi connectivity index (χ0n) is 17.3. The van der Waals surface area contributed by atoms with Crippen LogP contribution in [0.4, 0.5) is 5.69 Å². The van der Waals surface area contributed by atoms with Crippen LogP contribution in [0.25, 0.3) is 0 Å². The monoisotopic (exact) mass is 431 g/mol. The second-order valence-electron chi connectivity index (χ2n) is 7.43. The molecule has 3 N–H and O–H groups in total. The number of carbonyl (C=O) groups is 2. The molecule has 0 bridgehead atoms. The summed E-state index contributed by atoms with van der Waals surface area (Å²) in [6.07, 6.45) is 2.78. The summed E-state index contributed by atoms with van der Waals surface area (Å²) in [5.74, 6) is 0.672. The van der Waals surface area contributed by atoms with Gasteiger partial charge >= 0.3 is 0 Å². The summed E-state index contributed by atoms with van der Waals surface area (Å²) >= 11 is 0. The Hall–Kier alpha value is -2.57. The average Bonchev–Trinajstić information content (AvgIpc) is 2.75. The standard InChI is InChI=1S/C23H29N3O3.ClH/c1-17-4-8-20(9-5-17)26-22(27)16-29-21-10-6-18(7-11-21)12-14-25-23(28)19-3-2-13-24-15-19;/h4-11,19,24H,2-3,12-16H2,1H3,(H,25,28)(H,26,27);1H. The SMILES string of the molecule is Cc1ccc(NC(=O)COc2ccc(CCNC(=O)C3CCCNC3)cc2)cc1.Cl. The van der Waals surface area contributed by atoms with Crippen LogP contribution in [0.15, 0.2) is 48.5 Å². The molecule has 1 heterocycles. The topological polar surface area (TPSA) is 79.5 Å². The molecule has 1 aliphatic heterocycles. The van der Waals surface area contributed by atoms with Crippen LogP contribution in [0, 0.1) is 12.8 Å². The van der Waals surface area contributed by atoms with E-state index in [9.17, 15) is 9.59 Å². The highest BCUT2D eigenvalue weighted by Gasteiger charge is 2.20. The lowest BCUT2D eigenvalue weighted by Gasteiger charge is -2.21. The first kappa shape index (κ1) is 23.7. The Morgan fingerprint density at radius 2 is 1.83 bits per heavy atom. The fraction of sp³-hybridized carbons (Fsp3) is 0.391. The number of benzene rings is 2.